The minimum Gasteiger partial charge on any atom is -0.423 e. The molecule has 204 valence electrons. The van der Waals surface area contributed by atoms with Crippen molar-refractivity contribution in [3.8, 4) is 0 Å². The summed E-state index contributed by atoms with van der Waals surface area (Å²) in [7, 11) is 0.0108. The van der Waals surface area contributed by atoms with Gasteiger partial charge in [-0.3, -0.25) is 9.69 Å². The number of halogens is 2. The van der Waals surface area contributed by atoms with Crippen molar-refractivity contribution in [2.75, 3.05) is 38.6 Å². The summed E-state index contributed by atoms with van der Waals surface area (Å²) in [6.07, 6.45) is 1.18. The second kappa shape index (κ2) is 10.8. The SMILES string of the molecule is CN(C)CCCN(C(=O)c1ccc(S(=O)(=O)N2CCc3ccccc3C2)cc1)c1nc2c(F)cc(F)cc2o1. The summed E-state index contributed by atoms with van der Waals surface area (Å²) in [5.41, 5.74) is 2.03. The molecule has 2 heterocycles. The lowest BCUT2D eigenvalue weighted by Crippen LogP contribution is -2.36. The van der Waals surface area contributed by atoms with Gasteiger partial charge in [0.1, 0.15) is 11.3 Å². The molecule has 0 bridgehead atoms. The van der Waals surface area contributed by atoms with Crippen LogP contribution in [0.4, 0.5) is 14.8 Å². The van der Waals surface area contributed by atoms with Gasteiger partial charge in [-0.2, -0.15) is 9.29 Å². The molecule has 0 saturated heterocycles. The summed E-state index contributed by atoms with van der Waals surface area (Å²) in [4.78, 5) is 20.9. The summed E-state index contributed by atoms with van der Waals surface area (Å²) in [5.74, 6) is -2.21. The molecule has 1 amide bonds. The highest BCUT2D eigenvalue weighted by atomic mass is 32.2. The molecule has 1 aliphatic rings. The Morgan fingerprint density at radius 1 is 1.03 bits per heavy atom. The van der Waals surface area contributed by atoms with E-state index in [0.29, 0.717) is 32.0 Å². The molecule has 0 radical (unpaired) electrons. The highest BCUT2D eigenvalue weighted by Gasteiger charge is 2.29. The van der Waals surface area contributed by atoms with Crippen LogP contribution in [0.15, 0.2) is 70.0 Å². The monoisotopic (exact) mass is 554 g/mol. The lowest BCUT2D eigenvalue weighted by atomic mass is 10.0. The number of carbonyl (C=O) groups excluding carboxylic acids is 1. The number of hydrogen-bond acceptors (Lipinski definition) is 6. The summed E-state index contributed by atoms with van der Waals surface area (Å²) >= 11 is 0. The minimum atomic E-state index is -3.77. The van der Waals surface area contributed by atoms with Gasteiger partial charge in [0, 0.05) is 37.3 Å². The Kier molecular flexibility index (Phi) is 7.48. The molecule has 0 aliphatic carbocycles. The van der Waals surface area contributed by atoms with E-state index in [1.165, 1.54) is 33.5 Å². The average Bonchev–Trinajstić information content (AvgIpc) is 3.34. The van der Waals surface area contributed by atoms with E-state index in [2.05, 4.69) is 4.98 Å². The maximum Gasteiger partial charge on any atom is 0.305 e. The Labute approximate surface area is 225 Å². The third-order valence-electron chi connectivity index (χ3n) is 6.70. The fourth-order valence-corrected chi connectivity index (χ4v) is 6.06. The van der Waals surface area contributed by atoms with Crippen LogP contribution in [0.25, 0.3) is 11.1 Å². The molecule has 1 aliphatic heterocycles. The van der Waals surface area contributed by atoms with Crippen molar-refractivity contribution in [2.45, 2.75) is 24.3 Å². The van der Waals surface area contributed by atoms with Gasteiger partial charge in [0.2, 0.25) is 10.0 Å². The summed E-state index contributed by atoms with van der Waals surface area (Å²) in [5, 5.41) is 0. The molecule has 0 unspecified atom stereocenters. The lowest BCUT2D eigenvalue weighted by Gasteiger charge is -2.28. The predicted octanol–water partition coefficient (Wildman–Crippen LogP) is 4.45. The van der Waals surface area contributed by atoms with Gasteiger partial charge in [-0.15, -0.1) is 0 Å². The van der Waals surface area contributed by atoms with Crippen molar-refractivity contribution < 1.29 is 26.4 Å². The van der Waals surface area contributed by atoms with Crippen molar-refractivity contribution >= 4 is 33.0 Å². The first-order chi connectivity index (χ1) is 18.6. The summed E-state index contributed by atoms with van der Waals surface area (Å²) in [6, 6.07) is 15.0. The largest absolute Gasteiger partial charge is 0.423 e. The van der Waals surface area contributed by atoms with E-state index in [-0.39, 0.29) is 40.7 Å². The summed E-state index contributed by atoms with van der Waals surface area (Å²) in [6.45, 7) is 1.51. The zero-order valence-electron chi connectivity index (χ0n) is 21.6. The number of benzene rings is 3. The van der Waals surface area contributed by atoms with Crippen LogP contribution in [0.5, 0.6) is 0 Å². The molecule has 11 heteroatoms. The second-order valence-corrected chi connectivity index (χ2v) is 11.7. The van der Waals surface area contributed by atoms with E-state index in [0.717, 1.165) is 17.2 Å². The highest BCUT2D eigenvalue weighted by molar-refractivity contribution is 7.89. The Morgan fingerprint density at radius 3 is 2.46 bits per heavy atom. The summed E-state index contributed by atoms with van der Waals surface area (Å²) < 4.78 is 61.6. The first-order valence-corrected chi connectivity index (χ1v) is 14.0. The quantitative estimate of drug-likeness (QED) is 0.320. The number of fused-ring (bicyclic) bond motifs is 2. The number of sulfonamides is 1. The molecule has 39 heavy (non-hydrogen) atoms. The zero-order valence-corrected chi connectivity index (χ0v) is 22.4. The highest BCUT2D eigenvalue weighted by Crippen LogP contribution is 2.28. The Morgan fingerprint density at radius 2 is 1.74 bits per heavy atom. The van der Waals surface area contributed by atoms with Crippen LogP contribution in [0.1, 0.15) is 27.9 Å². The fraction of sp³-hybridized carbons (Fsp3) is 0.286. The molecular formula is C28H28F2N4O4S. The molecule has 0 saturated carbocycles. The molecule has 8 nitrogen and oxygen atoms in total. The van der Waals surface area contributed by atoms with Gasteiger partial charge in [-0.1, -0.05) is 24.3 Å². The van der Waals surface area contributed by atoms with Crippen molar-refractivity contribution in [3.05, 3.63) is 89.0 Å². The molecule has 5 rings (SSSR count). The van der Waals surface area contributed by atoms with Gasteiger partial charge in [-0.25, -0.2) is 17.2 Å². The number of rotatable bonds is 8. The van der Waals surface area contributed by atoms with E-state index < -0.39 is 27.6 Å². The van der Waals surface area contributed by atoms with E-state index in [4.69, 9.17) is 4.42 Å². The van der Waals surface area contributed by atoms with Gasteiger partial charge in [-0.05, 0) is 68.9 Å². The van der Waals surface area contributed by atoms with E-state index in [1.807, 2.05) is 43.3 Å². The second-order valence-electron chi connectivity index (χ2n) is 9.73. The number of amides is 1. The van der Waals surface area contributed by atoms with Crippen LogP contribution in [0, 0.1) is 11.6 Å². The Bertz CT molecular complexity index is 1620. The van der Waals surface area contributed by atoms with Crippen LogP contribution in [0.3, 0.4) is 0 Å². The molecule has 0 fully saturated rings. The number of nitrogens with zero attached hydrogens (tertiary/aromatic N) is 4. The molecule has 4 aromatic rings. The van der Waals surface area contributed by atoms with Crippen LogP contribution in [-0.4, -0.2) is 62.2 Å². The predicted molar refractivity (Wildman–Crippen MR) is 143 cm³/mol. The maximum atomic E-state index is 14.3. The fourth-order valence-electron chi connectivity index (χ4n) is 4.64. The molecule has 0 spiro atoms. The van der Waals surface area contributed by atoms with Crippen molar-refractivity contribution in [1.82, 2.24) is 14.2 Å². The molecule has 1 aromatic heterocycles. The molecule has 0 atom stereocenters. The van der Waals surface area contributed by atoms with Gasteiger partial charge in [0.15, 0.2) is 11.4 Å². The van der Waals surface area contributed by atoms with E-state index in [9.17, 15) is 22.0 Å². The lowest BCUT2D eigenvalue weighted by molar-refractivity contribution is 0.0981. The van der Waals surface area contributed by atoms with Crippen molar-refractivity contribution in [2.24, 2.45) is 0 Å². The smallest absolute Gasteiger partial charge is 0.305 e. The third-order valence-corrected chi connectivity index (χ3v) is 8.56. The Hall–Kier alpha value is -3.67. The molecular weight excluding hydrogens is 526 g/mol. The standard InChI is InChI=1S/C28H28F2N4O4S/c1-32(2)13-5-14-34(28-31-26-24(30)16-22(29)17-25(26)38-28)27(35)20-8-10-23(11-9-20)39(36,37)33-15-12-19-6-3-4-7-21(19)18-33/h3-4,6-11,16-17H,5,12-15,18H2,1-2H3. The van der Waals surface area contributed by atoms with Gasteiger partial charge in [0.05, 0.1) is 4.90 Å². The average molecular weight is 555 g/mol. The van der Waals surface area contributed by atoms with Crippen molar-refractivity contribution in [3.63, 3.8) is 0 Å². The van der Waals surface area contributed by atoms with Gasteiger partial charge >= 0.3 is 6.01 Å². The number of anilines is 1. The number of aromatic nitrogens is 1. The van der Waals surface area contributed by atoms with Gasteiger partial charge in [0.25, 0.3) is 5.91 Å². The van der Waals surface area contributed by atoms with E-state index >= 15 is 0 Å². The van der Waals surface area contributed by atoms with E-state index in [1.54, 1.807) is 0 Å². The Balaban J connectivity index is 1.40. The minimum absolute atomic E-state index is 0.0806. The number of carbonyl (C=O) groups is 1. The van der Waals surface area contributed by atoms with Crippen LogP contribution >= 0.6 is 0 Å². The van der Waals surface area contributed by atoms with Crippen LogP contribution < -0.4 is 4.90 Å². The molecule has 3 aromatic carbocycles. The van der Waals surface area contributed by atoms with Crippen LogP contribution in [0.2, 0.25) is 0 Å². The molecule has 0 N–H and O–H groups in total. The topological polar surface area (TPSA) is 87.0 Å². The number of oxazole rings is 1. The maximum absolute atomic E-state index is 14.3. The normalized spacial score (nSPS) is 14.1. The van der Waals surface area contributed by atoms with Gasteiger partial charge < -0.3 is 9.32 Å². The van der Waals surface area contributed by atoms with Crippen molar-refractivity contribution in [1.29, 1.82) is 0 Å². The number of hydrogen-bond donors (Lipinski definition) is 0. The first kappa shape index (κ1) is 26.9. The first-order valence-electron chi connectivity index (χ1n) is 12.5. The zero-order chi connectivity index (χ0) is 27.7. The third kappa shape index (κ3) is 5.56. The van der Waals surface area contributed by atoms with Crippen LogP contribution in [-0.2, 0) is 23.0 Å².